The van der Waals surface area contributed by atoms with Crippen LogP contribution in [0.5, 0.6) is 0 Å². The Hall–Kier alpha value is -0.580. The fraction of sp³-hybridized carbons (Fsp3) is 0. The van der Waals surface area contributed by atoms with E-state index < -0.39 is 20.7 Å². The van der Waals surface area contributed by atoms with Gasteiger partial charge < -0.3 is 0 Å². The summed E-state index contributed by atoms with van der Waals surface area (Å²) >= 11 is -0.563. The minimum Gasteiger partial charge on any atom is -0.283 e. The zero-order chi connectivity index (χ0) is 7.40. The number of carbonyl (C=O) groups excluding carboxylic acids is 1. The average molecular weight is 247 g/mol. The van der Waals surface area contributed by atoms with E-state index in [1.807, 2.05) is 0 Å². The lowest BCUT2D eigenvalue weighted by molar-refractivity contribution is 0.110. The largest absolute Gasteiger partial charge is 0.283 e. The van der Waals surface area contributed by atoms with E-state index in [9.17, 15) is 4.79 Å². The molecule has 0 unspecified atom stereocenters. The quantitative estimate of drug-likeness (QED) is 0.587. The van der Waals surface area contributed by atoms with E-state index in [1.54, 1.807) is 24.5 Å². The molecule has 1 heterocycles. The molecule has 0 aliphatic rings. The maximum Gasteiger partial charge on any atom is 0.217 e. The molecular formula is C7H6INO. The topological polar surface area (TPSA) is 30.0 Å². The van der Waals surface area contributed by atoms with Gasteiger partial charge in [-0.15, -0.1) is 0 Å². The first kappa shape index (κ1) is 7.53. The van der Waals surface area contributed by atoms with Crippen LogP contribution in [-0.4, -0.2) is 13.3 Å². The molecule has 2 nitrogen and oxygen atoms in total. The molecule has 0 aliphatic heterocycles. The molecule has 0 atom stereocenters. The van der Waals surface area contributed by atoms with Crippen LogP contribution in [-0.2, 0) is 0 Å². The minimum atomic E-state index is -0.563. The summed E-state index contributed by atoms with van der Waals surface area (Å²) in [4.78, 5) is 14.8. The van der Waals surface area contributed by atoms with Crippen LogP contribution >= 0.6 is 20.7 Å². The number of rotatable bonds is 2. The first-order valence-electron chi connectivity index (χ1n) is 2.67. The fourth-order valence-electron chi connectivity index (χ4n) is 0.556. The third kappa shape index (κ3) is 1.70. The molecule has 52 valence electrons. The second kappa shape index (κ2) is 3.55. The Kier molecular flexibility index (Phi) is 2.68. The summed E-state index contributed by atoms with van der Waals surface area (Å²) in [5, 5.41) is 0. The van der Waals surface area contributed by atoms with Crippen LogP contribution in [0.15, 0.2) is 24.5 Å². The van der Waals surface area contributed by atoms with Gasteiger partial charge in [-0.3, -0.25) is 9.78 Å². The van der Waals surface area contributed by atoms with Crippen molar-refractivity contribution in [2.75, 3.05) is 0 Å². The molecule has 1 rings (SSSR count). The maximum atomic E-state index is 11.0. The molecule has 10 heavy (non-hydrogen) atoms. The highest BCUT2D eigenvalue weighted by atomic mass is 127. The van der Waals surface area contributed by atoms with Gasteiger partial charge in [-0.25, -0.2) is 0 Å². The number of nitrogens with zero attached hydrogens (tertiary/aromatic N) is 1. The molecule has 0 spiro atoms. The number of hydrogen-bond acceptors (Lipinski definition) is 2. The van der Waals surface area contributed by atoms with Crippen molar-refractivity contribution in [2.45, 2.75) is 0 Å². The van der Waals surface area contributed by atoms with Crippen molar-refractivity contribution in [1.82, 2.24) is 4.98 Å². The Morgan fingerprint density at radius 1 is 1.70 bits per heavy atom. The molecule has 0 N–H and O–H groups in total. The lowest BCUT2D eigenvalue weighted by atomic mass is 10.3. The molecule has 0 radical (unpaired) electrons. The van der Waals surface area contributed by atoms with Gasteiger partial charge in [0.25, 0.3) is 0 Å². The highest BCUT2D eigenvalue weighted by Crippen LogP contribution is 2.06. The Bertz CT molecular complexity index is 245. The molecule has 0 saturated heterocycles. The van der Waals surface area contributed by atoms with E-state index in [2.05, 4.69) is 9.50 Å². The third-order valence-corrected chi connectivity index (χ3v) is 2.33. The van der Waals surface area contributed by atoms with Crippen molar-refractivity contribution in [3.63, 3.8) is 0 Å². The van der Waals surface area contributed by atoms with Gasteiger partial charge in [0, 0.05) is 18.0 Å². The number of pyridine rings is 1. The molecule has 1 aromatic rings. The van der Waals surface area contributed by atoms with Crippen molar-refractivity contribution < 1.29 is 4.79 Å². The summed E-state index contributed by atoms with van der Waals surface area (Å²) in [5.41, 5.74) is 0.685. The number of carbonyl (C=O) groups is 1. The Balaban J connectivity index is 2.95. The third-order valence-electron chi connectivity index (χ3n) is 1.01. The molecule has 0 saturated carbocycles. The molecule has 1 aromatic heterocycles. The normalized spacial score (nSPS) is 9.20. The molecule has 0 bridgehead atoms. The van der Waals surface area contributed by atoms with Crippen LogP contribution in [0.25, 0.3) is 0 Å². The Morgan fingerprint density at radius 3 is 3.00 bits per heavy atom. The molecule has 0 fully saturated rings. The second-order valence-corrected chi connectivity index (χ2v) is 3.39. The van der Waals surface area contributed by atoms with Crippen molar-refractivity contribution >= 4 is 29.0 Å². The van der Waals surface area contributed by atoms with Crippen LogP contribution in [0.2, 0.25) is 0 Å². The van der Waals surface area contributed by atoms with Crippen LogP contribution < -0.4 is 0 Å². The van der Waals surface area contributed by atoms with Crippen molar-refractivity contribution in [3.8, 4) is 0 Å². The van der Waals surface area contributed by atoms with E-state index in [0.717, 1.165) is 0 Å². The lowest BCUT2D eigenvalue weighted by Gasteiger charge is -1.89. The Labute approximate surface area is 69.0 Å². The smallest absolute Gasteiger partial charge is 0.217 e. The number of hydrogen-bond donors (Lipinski definition) is 0. The molecule has 0 aliphatic carbocycles. The molecule has 3 heteroatoms. The summed E-state index contributed by atoms with van der Waals surface area (Å²) in [7, 11) is 0. The number of aromatic nitrogens is 1. The predicted molar refractivity (Wildman–Crippen MR) is 49.7 cm³/mol. The maximum absolute atomic E-state index is 11.0. The van der Waals surface area contributed by atoms with Crippen molar-refractivity contribution in [2.24, 2.45) is 0 Å². The van der Waals surface area contributed by atoms with Gasteiger partial charge in [-0.1, -0.05) is 4.51 Å². The van der Waals surface area contributed by atoms with Gasteiger partial charge >= 0.3 is 0 Å². The van der Waals surface area contributed by atoms with Crippen molar-refractivity contribution in [1.29, 1.82) is 0 Å². The lowest BCUT2D eigenvalue weighted by Crippen LogP contribution is -1.87. The zero-order valence-corrected chi connectivity index (χ0v) is 7.41. The van der Waals surface area contributed by atoms with Gasteiger partial charge in [0.05, 0.1) is 0 Å². The van der Waals surface area contributed by atoms with Crippen LogP contribution in [0.1, 0.15) is 10.4 Å². The monoisotopic (exact) mass is 247 g/mol. The molecular weight excluding hydrogens is 241 g/mol. The highest BCUT2D eigenvalue weighted by molar-refractivity contribution is 14.2. The van der Waals surface area contributed by atoms with Gasteiger partial charge in [0.1, 0.15) is 0 Å². The van der Waals surface area contributed by atoms with E-state index in [4.69, 9.17) is 0 Å². The van der Waals surface area contributed by atoms with E-state index in [0.29, 0.717) is 5.56 Å². The first-order valence-corrected chi connectivity index (χ1v) is 5.28. The van der Waals surface area contributed by atoms with Crippen LogP contribution in [0, 0.1) is 0 Å². The second-order valence-electron chi connectivity index (χ2n) is 1.65. The first-order chi connectivity index (χ1) is 4.84. The SMILES string of the molecule is C=IC(=O)c1cccnc1. The predicted octanol–water partition coefficient (Wildman–Crippen LogP) is 1.62. The van der Waals surface area contributed by atoms with Gasteiger partial charge in [-0.2, -0.15) is 0 Å². The summed E-state index contributed by atoms with van der Waals surface area (Å²) in [6, 6.07) is 3.52. The fourth-order valence-corrected chi connectivity index (χ4v) is 1.32. The molecule has 0 aromatic carbocycles. The van der Waals surface area contributed by atoms with Gasteiger partial charge in [0.2, 0.25) is 3.79 Å². The van der Waals surface area contributed by atoms with Crippen molar-refractivity contribution in [3.05, 3.63) is 30.1 Å². The summed E-state index contributed by atoms with van der Waals surface area (Å²) in [5.74, 6) is 0. The molecule has 0 amide bonds. The Morgan fingerprint density at radius 2 is 2.50 bits per heavy atom. The number of halogens is 1. The van der Waals surface area contributed by atoms with E-state index in [-0.39, 0.29) is 3.79 Å². The van der Waals surface area contributed by atoms with Crippen LogP contribution in [0.4, 0.5) is 0 Å². The van der Waals surface area contributed by atoms with E-state index in [1.165, 1.54) is 0 Å². The summed E-state index contributed by atoms with van der Waals surface area (Å²) in [6.45, 7) is 0. The van der Waals surface area contributed by atoms with Gasteiger partial charge in [0.15, 0.2) is 0 Å². The standard InChI is InChI=1S/C7H6INO/c1-8-7(10)6-3-2-4-9-5-6/h2-5H,1H2. The highest BCUT2D eigenvalue weighted by Gasteiger charge is 1.97. The minimum absolute atomic E-state index is 0.145. The zero-order valence-electron chi connectivity index (χ0n) is 5.25. The van der Waals surface area contributed by atoms with E-state index >= 15 is 0 Å². The van der Waals surface area contributed by atoms with Gasteiger partial charge in [-0.05, 0) is 32.9 Å². The van der Waals surface area contributed by atoms with Crippen LogP contribution in [0.3, 0.4) is 0 Å². The summed E-state index contributed by atoms with van der Waals surface area (Å²) in [6.07, 6.45) is 3.23. The summed E-state index contributed by atoms with van der Waals surface area (Å²) < 4.78 is 3.74. The average Bonchev–Trinajstić information content (AvgIpc) is 2.05.